The summed E-state index contributed by atoms with van der Waals surface area (Å²) in [7, 11) is 0. The van der Waals surface area contributed by atoms with E-state index in [-0.39, 0.29) is 0 Å². The van der Waals surface area contributed by atoms with Crippen molar-refractivity contribution in [2.45, 2.75) is 105 Å². The molecule has 184 valence electrons. The first-order chi connectivity index (χ1) is 15.6. The van der Waals surface area contributed by atoms with Gasteiger partial charge in [0.15, 0.2) is 0 Å². The lowest BCUT2D eigenvalue weighted by atomic mass is 9.95. The number of hydrogen-bond acceptors (Lipinski definition) is 4. The predicted molar refractivity (Wildman–Crippen MR) is 138 cm³/mol. The number of unbranched alkanes of at least 4 members (excludes halogenated alkanes) is 8. The van der Waals surface area contributed by atoms with Crippen LogP contribution in [0.2, 0.25) is 0 Å². The lowest BCUT2D eigenvalue weighted by Crippen LogP contribution is -2.31. The third-order valence-corrected chi connectivity index (χ3v) is 6.19. The van der Waals surface area contributed by atoms with Gasteiger partial charge in [-0.05, 0) is 56.9 Å². The number of nitrogens with one attached hydrogen (secondary N) is 2. The Bertz CT molecular complexity index is 573. The van der Waals surface area contributed by atoms with E-state index in [1.165, 1.54) is 69.9 Å². The Morgan fingerprint density at radius 2 is 1.34 bits per heavy atom. The molecule has 0 bridgehead atoms. The molecule has 5 nitrogen and oxygen atoms in total. The minimum Gasteiger partial charge on any atom is -0.448 e. The van der Waals surface area contributed by atoms with E-state index in [0.717, 1.165) is 31.6 Å². The van der Waals surface area contributed by atoms with Gasteiger partial charge in [-0.2, -0.15) is 0 Å². The summed E-state index contributed by atoms with van der Waals surface area (Å²) >= 11 is 0. The lowest BCUT2D eigenvalue weighted by Gasteiger charge is -2.21. The Hall–Kier alpha value is -1.91. The van der Waals surface area contributed by atoms with Crippen molar-refractivity contribution in [3.8, 4) is 0 Å². The van der Waals surface area contributed by atoms with E-state index < -0.39 is 6.09 Å². The molecular formula is C27H49N3O2. The Morgan fingerprint density at radius 3 is 1.91 bits per heavy atom. The number of anilines is 2. The number of carbonyl (C=O) groups excluding carboxylic acids is 1. The molecule has 1 rings (SSSR count). The second kappa shape index (κ2) is 18.6. The number of carbonyl (C=O) groups is 1. The molecule has 1 unspecified atom stereocenters. The van der Waals surface area contributed by atoms with Crippen molar-refractivity contribution in [2.24, 2.45) is 5.92 Å². The van der Waals surface area contributed by atoms with Crippen LogP contribution in [0.3, 0.4) is 0 Å². The summed E-state index contributed by atoms with van der Waals surface area (Å²) in [6.45, 7) is 11.3. The molecular weight excluding hydrogens is 398 g/mol. The molecule has 0 saturated heterocycles. The first-order valence-corrected chi connectivity index (χ1v) is 13.2. The Balaban J connectivity index is 2.36. The van der Waals surface area contributed by atoms with E-state index in [0.29, 0.717) is 12.5 Å². The van der Waals surface area contributed by atoms with Crippen LogP contribution in [0.4, 0.5) is 16.2 Å². The predicted octanol–water partition coefficient (Wildman–Crippen LogP) is 7.92. The van der Waals surface area contributed by atoms with Gasteiger partial charge in [0.2, 0.25) is 0 Å². The fourth-order valence-electron chi connectivity index (χ4n) is 4.08. The SMILES string of the molecule is CCCCCCCCC(CCCCCC)COC(=O)NNc1ccc(N(CC)CC)cc1. The topological polar surface area (TPSA) is 53.6 Å². The summed E-state index contributed by atoms with van der Waals surface area (Å²) in [6.07, 6.45) is 14.8. The zero-order chi connectivity index (χ0) is 23.4. The molecule has 0 fully saturated rings. The normalized spacial score (nSPS) is 11.8. The van der Waals surface area contributed by atoms with E-state index in [9.17, 15) is 4.79 Å². The molecule has 32 heavy (non-hydrogen) atoms. The quantitative estimate of drug-likeness (QED) is 0.167. The van der Waals surface area contributed by atoms with Gasteiger partial charge in [-0.15, -0.1) is 0 Å². The number of nitrogens with zero attached hydrogens (tertiary/aromatic N) is 1. The van der Waals surface area contributed by atoms with Gasteiger partial charge in [0.1, 0.15) is 0 Å². The van der Waals surface area contributed by atoms with Crippen LogP contribution >= 0.6 is 0 Å². The number of hydrazine groups is 1. The number of amides is 1. The first kappa shape index (κ1) is 28.1. The maximum atomic E-state index is 12.2. The number of hydrogen-bond donors (Lipinski definition) is 2. The van der Waals surface area contributed by atoms with Crippen LogP contribution in [0, 0.1) is 5.92 Å². The van der Waals surface area contributed by atoms with E-state index in [1.807, 2.05) is 12.1 Å². The molecule has 0 heterocycles. The molecule has 1 atom stereocenters. The molecule has 0 spiro atoms. The highest BCUT2D eigenvalue weighted by Gasteiger charge is 2.12. The van der Waals surface area contributed by atoms with Gasteiger partial charge < -0.3 is 9.64 Å². The lowest BCUT2D eigenvalue weighted by molar-refractivity contribution is 0.122. The fraction of sp³-hybridized carbons (Fsp3) is 0.741. The average molecular weight is 448 g/mol. The van der Waals surface area contributed by atoms with Crippen molar-refractivity contribution in [2.75, 3.05) is 30.0 Å². The summed E-state index contributed by atoms with van der Waals surface area (Å²) in [6, 6.07) is 8.08. The highest BCUT2D eigenvalue weighted by molar-refractivity contribution is 5.69. The number of rotatable bonds is 19. The highest BCUT2D eigenvalue weighted by atomic mass is 16.6. The third-order valence-electron chi connectivity index (χ3n) is 6.19. The number of ether oxygens (including phenoxy) is 1. The van der Waals surface area contributed by atoms with Crippen molar-refractivity contribution in [1.82, 2.24) is 5.43 Å². The van der Waals surface area contributed by atoms with Gasteiger partial charge in [-0.1, -0.05) is 78.1 Å². The molecule has 0 saturated carbocycles. The first-order valence-electron chi connectivity index (χ1n) is 13.2. The smallest absolute Gasteiger partial charge is 0.425 e. The summed E-state index contributed by atoms with van der Waals surface area (Å²) in [5, 5.41) is 0. The zero-order valence-electron chi connectivity index (χ0n) is 21.3. The molecule has 1 amide bonds. The van der Waals surface area contributed by atoms with E-state index >= 15 is 0 Å². The van der Waals surface area contributed by atoms with Crippen LogP contribution in [0.25, 0.3) is 0 Å². The van der Waals surface area contributed by atoms with E-state index in [1.54, 1.807) is 0 Å². The summed E-state index contributed by atoms with van der Waals surface area (Å²) < 4.78 is 5.55. The largest absolute Gasteiger partial charge is 0.448 e. The third kappa shape index (κ3) is 12.8. The maximum Gasteiger partial charge on any atom is 0.425 e. The van der Waals surface area contributed by atoms with E-state index in [2.05, 4.69) is 55.6 Å². The minimum atomic E-state index is -0.403. The van der Waals surface area contributed by atoms with Crippen molar-refractivity contribution in [3.05, 3.63) is 24.3 Å². The Morgan fingerprint density at radius 1 is 0.812 bits per heavy atom. The summed E-state index contributed by atoms with van der Waals surface area (Å²) in [5.41, 5.74) is 7.66. The van der Waals surface area contributed by atoms with Gasteiger partial charge in [0.05, 0.1) is 12.3 Å². The van der Waals surface area contributed by atoms with Crippen LogP contribution in [0.5, 0.6) is 0 Å². The monoisotopic (exact) mass is 447 g/mol. The Kier molecular flexibility index (Phi) is 16.4. The van der Waals surface area contributed by atoms with Gasteiger partial charge in [-0.25, -0.2) is 10.2 Å². The van der Waals surface area contributed by atoms with Crippen LogP contribution in [0.15, 0.2) is 24.3 Å². The molecule has 5 heteroatoms. The van der Waals surface area contributed by atoms with Crippen LogP contribution in [-0.2, 0) is 4.74 Å². The average Bonchev–Trinajstić information content (AvgIpc) is 2.82. The second-order valence-corrected chi connectivity index (χ2v) is 8.84. The molecule has 0 aromatic heterocycles. The van der Waals surface area contributed by atoms with E-state index in [4.69, 9.17) is 4.74 Å². The standard InChI is InChI=1S/C27H49N3O2/c1-5-9-11-13-14-16-18-24(17-15-12-10-6-2)23-32-27(31)29-28-25-19-21-26(22-20-25)30(7-3)8-4/h19-22,24,28H,5-18,23H2,1-4H3,(H,29,31). The van der Waals surface area contributed by atoms with Crippen molar-refractivity contribution >= 4 is 17.5 Å². The van der Waals surface area contributed by atoms with Crippen LogP contribution in [-0.4, -0.2) is 25.8 Å². The fourth-order valence-corrected chi connectivity index (χ4v) is 4.08. The van der Waals surface area contributed by atoms with Gasteiger partial charge in [-0.3, -0.25) is 5.43 Å². The van der Waals surface area contributed by atoms with Crippen molar-refractivity contribution in [3.63, 3.8) is 0 Å². The molecule has 2 N–H and O–H groups in total. The van der Waals surface area contributed by atoms with Gasteiger partial charge in [0, 0.05) is 18.8 Å². The van der Waals surface area contributed by atoms with Crippen molar-refractivity contribution < 1.29 is 9.53 Å². The van der Waals surface area contributed by atoms with Crippen molar-refractivity contribution in [1.29, 1.82) is 0 Å². The van der Waals surface area contributed by atoms with Gasteiger partial charge in [0.25, 0.3) is 0 Å². The second-order valence-electron chi connectivity index (χ2n) is 8.84. The summed E-state index contributed by atoms with van der Waals surface area (Å²) in [5.74, 6) is 0.470. The zero-order valence-corrected chi connectivity index (χ0v) is 21.3. The Labute approximate surface area is 197 Å². The van der Waals surface area contributed by atoms with Gasteiger partial charge >= 0.3 is 6.09 Å². The summed E-state index contributed by atoms with van der Waals surface area (Å²) in [4.78, 5) is 14.5. The molecule has 0 aliphatic carbocycles. The van der Waals surface area contributed by atoms with Crippen LogP contribution < -0.4 is 15.8 Å². The maximum absolute atomic E-state index is 12.2. The number of benzene rings is 1. The van der Waals surface area contributed by atoms with Crippen LogP contribution in [0.1, 0.15) is 105 Å². The highest BCUT2D eigenvalue weighted by Crippen LogP contribution is 2.20. The molecule has 0 aliphatic heterocycles. The minimum absolute atomic E-state index is 0.403. The molecule has 0 radical (unpaired) electrons. The molecule has 1 aromatic rings. The molecule has 0 aliphatic rings. The molecule has 1 aromatic carbocycles.